The van der Waals surface area contributed by atoms with Gasteiger partial charge in [-0.05, 0) is 17.1 Å². The predicted octanol–water partition coefficient (Wildman–Crippen LogP) is 4.97. The van der Waals surface area contributed by atoms with Gasteiger partial charge in [-0.1, -0.05) is 77.7 Å². The molecule has 0 N–H and O–H groups in total. The Morgan fingerprint density at radius 3 is 2.60 bits per heavy atom. The summed E-state index contributed by atoms with van der Waals surface area (Å²) in [4.78, 5) is 9.17. The van der Waals surface area contributed by atoms with E-state index in [4.69, 9.17) is 0 Å². The molecule has 1 heterocycles. The average molecular weight is 374 g/mol. The number of allylic oxidation sites excluding steroid dienone is 4. The summed E-state index contributed by atoms with van der Waals surface area (Å²) in [5.74, 6) is 0.753. The third-order valence-electron chi connectivity index (χ3n) is 2.71. The van der Waals surface area contributed by atoms with Crippen molar-refractivity contribution in [3.05, 3.63) is 76.7 Å². The summed E-state index contributed by atoms with van der Waals surface area (Å²) in [5, 5.41) is 0. The molecule has 0 fully saturated rings. The highest BCUT2D eigenvalue weighted by Crippen LogP contribution is 2.21. The summed E-state index contributed by atoms with van der Waals surface area (Å²) in [6.07, 6.45) is 5.66. The molecule has 0 bridgehead atoms. The molecule has 0 amide bonds. The van der Waals surface area contributed by atoms with Crippen molar-refractivity contribution >= 4 is 28.2 Å². The zero-order valence-corrected chi connectivity index (χ0v) is 13.4. The lowest BCUT2D eigenvalue weighted by molar-refractivity contribution is 1.09. The molecule has 0 saturated heterocycles. The molecule has 0 atom stereocenters. The van der Waals surface area contributed by atoms with Crippen LogP contribution in [0.1, 0.15) is 11.4 Å². The van der Waals surface area contributed by atoms with E-state index in [0.717, 1.165) is 28.3 Å². The van der Waals surface area contributed by atoms with E-state index in [0.29, 0.717) is 0 Å². The molecular weight excluding hydrogens is 359 g/mol. The van der Waals surface area contributed by atoms with Crippen LogP contribution >= 0.6 is 22.6 Å². The fourth-order valence-corrected chi connectivity index (χ4v) is 2.31. The SMILES string of the molecule is C=C/C=C\C(=C/I)c1cc(C)nc(-c2ccccc2)n1. The Morgan fingerprint density at radius 2 is 1.95 bits per heavy atom. The van der Waals surface area contributed by atoms with Gasteiger partial charge in [-0.15, -0.1) is 0 Å². The van der Waals surface area contributed by atoms with Crippen LogP contribution in [0.4, 0.5) is 0 Å². The maximum absolute atomic E-state index is 4.66. The van der Waals surface area contributed by atoms with Gasteiger partial charge in [-0.3, -0.25) is 0 Å². The quantitative estimate of drug-likeness (QED) is 0.558. The Labute approximate surface area is 133 Å². The molecule has 1 aromatic carbocycles. The minimum Gasteiger partial charge on any atom is -0.233 e. The van der Waals surface area contributed by atoms with Gasteiger partial charge in [-0.25, -0.2) is 9.97 Å². The highest BCUT2D eigenvalue weighted by Gasteiger charge is 2.06. The Balaban J connectivity index is 2.49. The average Bonchev–Trinajstić information content (AvgIpc) is 2.48. The molecule has 2 rings (SSSR count). The molecule has 1 aromatic heterocycles. The van der Waals surface area contributed by atoms with Crippen molar-refractivity contribution in [3.63, 3.8) is 0 Å². The number of hydrogen-bond donors (Lipinski definition) is 0. The molecule has 2 nitrogen and oxygen atoms in total. The van der Waals surface area contributed by atoms with Crippen molar-refractivity contribution in [2.24, 2.45) is 0 Å². The Bertz CT molecular complexity index is 658. The number of rotatable bonds is 4. The standard InChI is InChI=1S/C17H15IN2/c1-3-4-8-15(12-18)16-11-13(2)19-17(20-16)14-9-6-5-7-10-14/h3-12H,1H2,2H3/b8-4-,15-12+. The van der Waals surface area contributed by atoms with Crippen molar-refractivity contribution in [2.45, 2.75) is 6.92 Å². The highest BCUT2D eigenvalue weighted by molar-refractivity contribution is 14.1. The van der Waals surface area contributed by atoms with E-state index in [-0.39, 0.29) is 0 Å². The Hall–Kier alpha value is -1.75. The summed E-state index contributed by atoms with van der Waals surface area (Å²) >= 11 is 2.22. The molecular formula is C17H15IN2. The molecule has 0 aliphatic rings. The number of hydrogen-bond acceptors (Lipinski definition) is 2. The maximum atomic E-state index is 4.66. The monoisotopic (exact) mass is 374 g/mol. The second kappa shape index (κ2) is 7.14. The van der Waals surface area contributed by atoms with E-state index in [2.05, 4.69) is 39.1 Å². The zero-order chi connectivity index (χ0) is 14.4. The lowest BCUT2D eigenvalue weighted by atomic mass is 10.1. The van der Waals surface area contributed by atoms with Gasteiger partial charge < -0.3 is 0 Å². The lowest BCUT2D eigenvalue weighted by Crippen LogP contribution is -1.96. The van der Waals surface area contributed by atoms with E-state index < -0.39 is 0 Å². The molecule has 3 heteroatoms. The van der Waals surface area contributed by atoms with Gasteiger partial charge in [0.2, 0.25) is 0 Å². The van der Waals surface area contributed by atoms with Crippen LogP contribution in [0.2, 0.25) is 0 Å². The van der Waals surface area contributed by atoms with Crippen LogP contribution in [0.25, 0.3) is 17.0 Å². The largest absolute Gasteiger partial charge is 0.233 e. The molecule has 20 heavy (non-hydrogen) atoms. The van der Waals surface area contributed by atoms with Gasteiger partial charge in [-0.2, -0.15) is 0 Å². The fraction of sp³-hybridized carbons (Fsp3) is 0.0588. The second-order valence-corrected chi connectivity index (χ2v) is 4.87. The predicted molar refractivity (Wildman–Crippen MR) is 93.5 cm³/mol. The first-order valence-electron chi connectivity index (χ1n) is 6.25. The molecule has 2 aromatic rings. The molecule has 0 spiro atoms. The van der Waals surface area contributed by atoms with Gasteiger partial charge in [0, 0.05) is 16.8 Å². The summed E-state index contributed by atoms with van der Waals surface area (Å²) in [7, 11) is 0. The van der Waals surface area contributed by atoms with Gasteiger partial charge in [0.05, 0.1) is 5.69 Å². The van der Waals surface area contributed by atoms with Crippen LogP contribution in [-0.2, 0) is 0 Å². The van der Waals surface area contributed by atoms with Gasteiger partial charge in [0.25, 0.3) is 0 Å². The fourth-order valence-electron chi connectivity index (χ4n) is 1.78. The smallest absolute Gasteiger partial charge is 0.160 e. The normalized spacial score (nSPS) is 11.8. The van der Waals surface area contributed by atoms with Gasteiger partial charge in [0.15, 0.2) is 5.82 Å². The van der Waals surface area contributed by atoms with E-state index in [1.807, 2.05) is 59.6 Å². The first-order chi connectivity index (χ1) is 9.74. The van der Waals surface area contributed by atoms with Crippen molar-refractivity contribution in [1.29, 1.82) is 0 Å². The molecule has 0 aliphatic heterocycles. The number of nitrogens with zero attached hydrogens (tertiary/aromatic N) is 2. The van der Waals surface area contributed by atoms with Gasteiger partial charge in [0.1, 0.15) is 0 Å². The minimum atomic E-state index is 0.753. The third-order valence-corrected chi connectivity index (χ3v) is 3.38. The first-order valence-corrected chi connectivity index (χ1v) is 7.50. The van der Waals surface area contributed by atoms with E-state index in [1.165, 1.54) is 0 Å². The van der Waals surface area contributed by atoms with Crippen LogP contribution in [0.3, 0.4) is 0 Å². The van der Waals surface area contributed by atoms with Crippen LogP contribution in [0.5, 0.6) is 0 Å². The second-order valence-electron chi connectivity index (χ2n) is 4.24. The lowest BCUT2D eigenvalue weighted by Gasteiger charge is -2.06. The van der Waals surface area contributed by atoms with Crippen molar-refractivity contribution < 1.29 is 0 Å². The topological polar surface area (TPSA) is 25.8 Å². The minimum absolute atomic E-state index is 0.753. The number of benzene rings is 1. The summed E-state index contributed by atoms with van der Waals surface area (Å²) in [5.41, 5.74) is 3.95. The zero-order valence-electron chi connectivity index (χ0n) is 11.3. The van der Waals surface area contributed by atoms with Crippen molar-refractivity contribution in [1.82, 2.24) is 9.97 Å². The summed E-state index contributed by atoms with van der Waals surface area (Å²) in [6.45, 7) is 5.68. The highest BCUT2D eigenvalue weighted by atomic mass is 127. The molecule has 0 aliphatic carbocycles. The van der Waals surface area contributed by atoms with Crippen LogP contribution in [0.15, 0.2) is 65.3 Å². The van der Waals surface area contributed by atoms with Crippen LogP contribution in [-0.4, -0.2) is 9.97 Å². The number of aromatic nitrogens is 2. The summed E-state index contributed by atoms with van der Waals surface area (Å²) in [6, 6.07) is 12.0. The third kappa shape index (κ3) is 3.63. The van der Waals surface area contributed by atoms with Crippen LogP contribution in [0, 0.1) is 6.92 Å². The van der Waals surface area contributed by atoms with Crippen molar-refractivity contribution in [3.8, 4) is 11.4 Å². The van der Waals surface area contributed by atoms with Crippen LogP contribution < -0.4 is 0 Å². The maximum Gasteiger partial charge on any atom is 0.160 e. The Kier molecular flexibility index (Phi) is 5.24. The number of aryl methyl sites for hydroxylation is 1. The van der Waals surface area contributed by atoms with Gasteiger partial charge >= 0.3 is 0 Å². The van der Waals surface area contributed by atoms with E-state index in [9.17, 15) is 0 Å². The molecule has 0 radical (unpaired) electrons. The number of halogens is 1. The van der Waals surface area contributed by atoms with E-state index >= 15 is 0 Å². The van der Waals surface area contributed by atoms with E-state index in [1.54, 1.807) is 6.08 Å². The molecule has 0 unspecified atom stereocenters. The van der Waals surface area contributed by atoms with Crippen molar-refractivity contribution in [2.75, 3.05) is 0 Å². The summed E-state index contributed by atoms with van der Waals surface area (Å²) < 4.78 is 2.01. The molecule has 100 valence electrons. The Morgan fingerprint density at radius 1 is 1.20 bits per heavy atom. The molecule has 0 saturated carbocycles. The first kappa shape index (κ1) is 14.7.